The summed E-state index contributed by atoms with van der Waals surface area (Å²) in [6, 6.07) is 14.5. The molecule has 0 N–H and O–H groups in total. The summed E-state index contributed by atoms with van der Waals surface area (Å²) in [5.41, 5.74) is 4.50. The summed E-state index contributed by atoms with van der Waals surface area (Å²) in [6.07, 6.45) is 1.41. The fourth-order valence-electron chi connectivity index (χ4n) is 3.81. The zero-order chi connectivity index (χ0) is 17.3. The van der Waals surface area contributed by atoms with E-state index in [1.807, 2.05) is 12.1 Å². The van der Waals surface area contributed by atoms with Crippen LogP contribution in [0.2, 0.25) is 0 Å². The number of Topliss-reactive ketones (excluding diaryl/α,β-unsaturated/α-hetero) is 1. The lowest BCUT2D eigenvalue weighted by Crippen LogP contribution is -2.40. The second-order valence-electron chi connectivity index (χ2n) is 7.09. The molecule has 0 heterocycles. The molecule has 0 amide bonds. The fourth-order valence-corrected chi connectivity index (χ4v) is 3.81. The first-order chi connectivity index (χ1) is 11.5. The molecule has 0 spiro atoms. The zero-order valence-corrected chi connectivity index (χ0v) is 15.1. The number of ketones is 1. The van der Waals surface area contributed by atoms with Crippen molar-refractivity contribution in [3.63, 3.8) is 0 Å². The monoisotopic (exact) mass is 322 g/mol. The minimum Gasteiger partial charge on any atom is -0.358 e. The van der Waals surface area contributed by atoms with Gasteiger partial charge in [0.1, 0.15) is 0 Å². The molecule has 2 aromatic rings. The molecule has 1 unspecified atom stereocenters. The molecule has 0 radical (unpaired) electrons. The molecule has 2 nitrogen and oxygen atoms in total. The Morgan fingerprint density at radius 3 is 2.50 bits per heavy atom. The Morgan fingerprint density at radius 1 is 1.08 bits per heavy atom. The molecule has 0 saturated carbocycles. The van der Waals surface area contributed by atoms with Crippen molar-refractivity contribution in [1.29, 1.82) is 0 Å². The van der Waals surface area contributed by atoms with Gasteiger partial charge in [0.2, 0.25) is 0 Å². The maximum Gasteiger partial charge on any atom is 0.177 e. The van der Waals surface area contributed by atoms with E-state index >= 15 is 0 Å². The topological polar surface area (TPSA) is 26.3 Å². The van der Waals surface area contributed by atoms with Crippen LogP contribution in [0.15, 0.2) is 42.5 Å². The molecule has 24 heavy (non-hydrogen) atoms. The van der Waals surface area contributed by atoms with Crippen molar-refractivity contribution in [1.82, 2.24) is 0 Å². The first kappa shape index (κ1) is 16.9. The summed E-state index contributed by atoms with van der Waals surface area (Å²) in [4.78, 5) is 13.4. The summed E-state index contributed by atoms with van der Waals surface area (Å²) in [6.45, 7) is 8.92. The van der Waals surface area contributed by atoms with Crippen molar-refractivity contribution < 1.29 is 9.53 Å². The molecular weight excluding hydrogens is 296 g/mol. The van der Waals surface area contributed by atoms with Gasteiger partial charge in [0, 0.05) is 24.2 Å². The van der Waals surface area contributed by atoms with Crippen LogP contribution in [0.4, 0.5) is 0 Å². The van der Waals surface area contributed by atoms with Gasteiger partial charge in [-0.2, -0.15) is 0 Å². The predicted molar refractivity (Wildman–Crippen MR) is 98.1 cm³/mol. The van der Waals surface area contributed by atoms with E-state index in [9.17, 15) is 4.79 Å². The van der Waals surface area contributed by atoms with Gasteiger partial charge in [-0.1, -0.05) is 63.2 Å². The number of hydrogen-bond acceptors (Lipinski definition) is 2. The maximum absolute atomic E-state index is 13.4. The van der Waals surface area contributed by atoms with Crippen LogP contribution in [0, 0.1) is 12.8 Å². The van der Waals surface area contributed by atoms with Gasteiger partial charge in [-0.15, -0.1) is 0 Å². The van der Waals surface area contributed by atoms with Crippen molar-refractivity contribution >= 4 is 5.78 Å². The van der Waals surface area contributed by atoms with Gasteiger partial charge in [-0.3, -0.25) is 4.79 Å². The first-order valence-corrected chi connectivity index (χ1v) is 8.89. The maximum atomic E-state index is 13.4. The molecule has 1 atom stereocenters. The van der Waals surface area contributed by atoms with Gasteiger partial charge < -0.3 is 4.74 Å². The minimum absolute atomic E-state index is 0.173. The van der Waals surface area contributed by atoms with Crippen LogP contribution in [-0.2, 0) is 15.1 Å². The molecule has 1 aliphatic carbocycles. The summed E-state index contributed by atoms with van der Waals surface area (Å²) < 4.78 is 6.39. The van der Waals surface area contributed by atoms with Gasteiger partial charge in [0.05, 0.1) is 0 Å². The molecule has 2 heteroatoms. The summed E-state index contributed by atoms with van der Waals surface area (Å²) in [7, 11) is 0. The Hall–Kier alpha value is -1.93. The summed E-state index contributed by atoms with van der Waals surface area (Å²) in [5.74, 6) is 0.478. The van der Waals surface area contributed by atoms with Crippen molar-refractivity contribution in [2.24, 2.45) is 5.92 Å². The largest absolute Gasteiger partial charge is 0.358 e. The van der Waals surface area contributed by atoms with E-state index in [1.165, 1.54) is 0 Å². The average molecular weight is 322 g/mol. The Balaban J connectivity index is 2.29. The third kappa shape index (κ3) is 2.50. The lowest BCUT2D eigenvalue weighted by molar-refractivity contribution is -0.141. The molecule has 0 saturated heterocycles. The van der Waals surface area contributed by atoms with E-state index in [0.717, 1.165) is 34.2 Å². The van der Waals surface area contributed by atoms with Crippen LogP contribution in [0.5, 0.6) is 0 Å². The van der Waals surface area contributed by atoms with Crippen LogP contribution < -0.4 is 0 Å². The number of ether oxygens (including phenoxy) is 1. The number of hydrogen-bond donors (Lipinski definition) is 0. The predicted octanol–water partition coefficient (Wildman–Crippen LogP) is 5.26. The number of fused-ring (bicyclic) bond motifs is 3. The van der Waals surface area contributed by atoms with Crippen LogP contribution in [-0.4, -0.2) is 12.4 Å². The van der Waals surface area contributed by atoms with Crippen LogP contribution >= 0.6 is 0 Å². The third-order valence-corrected chi connectivity index (χ3v) is 4.73. The number of benzene rings is 2. The van der Waals surface area contributed by atoms with E-state index in [1.54, 1.807) is 0 Å². The molecule has 1 aliphatic rings. The van der Waals surface area contributed by atoms with E-state index in [-0.39, 0.29) is 5.78 Å². The molecule has 3 rings (SSSR count). The van der Waals surface area contributed by atoms with Gasteiger partial charge >= 0.3 is 0 Å². The second kappa shape index (κ2) is 6.52. The van der Waals surface area contributed by atoms with E-state index < -0.39 is 5.60 Å². The van der Waals surface area contributed by atoms with E-state index in [0.29, 0.717) is 18.9 Å². The molecule has 0 aliphatic heterocycles. The van der Waals surface area contributed by atoms with Crippen LogP contribution in [0.1, 0.15) is 50.3 Å². The first-order valence-electron chi connectivity index (χ1n) is 8.89. The molecule has 126 valence electrons. The van der Waals surface area contributed by atoms with E-state index in [2.05, 4.69) is 58.0 Å². The lowest BCUT2D eigenvalue weighted by Gasteiger charge is -2.32. The summed E-state index contributed by atoms with van der Waals surface area (Å²) in [5, 5.41) is 0. The van der Waals surface area contributed by atoms with E-state index in [4.69, 9.17) is 4.74 Å². The Morgan fingerprint density at radius 2 is 1.79 bits per heavy atom. The van der Waals surface area contributed by atoms with Crippen molar-refractivity contribution in [3.8, 4) is 11.1 Å². The van der Waals surface area contributed by atoms with Gasteiger partial charge in [0.15, 0.2) is 11.4 Å². The fraction of sp³-hybridized carbons (Fsp3) is 0.409. The molecule has 2 aromatic carbocycles. The highest BCUT2D eigenvalue weighted by molar-refractivity contribution is 6.00. The highest BCUT2D eigenvalue weighted by Crippen LogP contribution is 2.52. The SMILES string of the molecule is CCCOC1(C(=O)CC(C)C)c2ccccc2-c2cccc(C)c21. The number of carbonyl (C=O) groups is 1. The van der Waals surface area contributed by atoms with Gasteiger partial charge in [-0.05, 0) is 36.0 Å². The zero-order valence-electron chi connectivity index (χ0n) is 15.1. The standard InChI is InChI=1S/C22H26O2/c1-5-13-24-22(20(23)14-15(2)3)19-12-7-6-10-17(19)18-11-8-9-16(4)21(18)22/h6-12,15H,5,13-14H2,1-4H3. The van der Waals surface area contributed by atoms with Crippen LogP contribution in [0.3, 0.4) is 0 Å². The van der Waals surface area contributed by atoms with Crippen molar-refractivity contribution in [2.75, 3.05) is 6.61 Å². The Labute approximate surface area is 144 Å². The average Bonchev–Trinajstić information content (AvgIpc) is 2.85. The number of rotatable bonds is 6. The number of aryl methyl sites for hydroxylation is 1. The Kier molecular flexibility index (Phi) is 4.60. The minimum atomic E-state index is -0.947. The quantitative estimate of drug-likeness (QED) is 0.725. The normalized spacial score (nSPS) is 18.5. The smallest absolute Gasteiger partial charge is 0.177 e. The lowest BCUT2D eigenvalue weighted by atomic mass is 9.81. The van der Waals surface area contributed by atoms with Crippen molar-refractivity contribution in [3.05, 3.63) is 59.2 Å². The van der Waals surface area contributed by atoms with Gasteiger partial charge in [0.25, 0.3) is 0 Å². The molecule has 0 fully saturated rings. The highest BCUT2D eigenvalue weighted by atomic mass is 16.5. The highest BCUT2D eigenvalue weighted by Gasteiger charge is 2.50. The third-order valence-electron chi connectivity index (χ3n) is 4.73. The van der Waals surface area contributed by atoms with Gasteiger partial charge in [-0.25, -0.2) is 0 Å². The number of carbonyl (C=O) groups excluding carboxylic acids is 1. The molecule has 0 bridgehead atoms. The van der Waals surface area contributed by atoms with Crippen molar-refractivity contribution in [2.45, 2.75) is 46.1 Å². The second-order valence-corrected chi connectivity index (χ2v) is 7.09. The van der Waals surface area contributed by atoms with Crippen LogP contribution in [0.25, 0.3) is 11.1 Å². The Bertz CT molecular complexity index is 760. The molecular formula is C22H26O2. The summed E-state index contributed by atoms with van der Waals surface area (Å²) >= 11 is 0. The molecule has 0 aromatic heterocycles.